The minimum atomic E-state index is -0.582. The van der Waals surface area contributed by atoms with Crippen molar-refractivity contribution >= 4 is 15.9 Å². The van der Waals surface area contributed by atoms with Crippen LogP contribution in [0.1, 0.15) is 24.8 Å². The van der Waals surface area contributed by atoms with Crippen molar-refractivity contribution in [3.63, 3.8) is 0 Å². The topological polar surface area (TPSA) is 35.2 Å². The Labute approximate surface area is 120 Å². The molecule has 2 nitrogen and oxygen atoms in total. The lowest BCUT2D eigenvalue weighted by Crippen LogP contribution is -2.22. The molecule has 0 radical (unpaired) electrons. The second-order valence-corrected chi connectivity index (χ2v) is 5.88. The zero-order valence-corrected chi connectivity index (χ0v) is 12.3. The van der Waals surface area contributed by atoms with Crippen LogP contribution in [0.15, 0.2) is 16.6 Å². The first-order valence-electron chi connectivity index (χ1n) is 6.53. The fourth-order valence-corrected chi connectivity index (χ4v) is 3.03. The van der Waals surface area contributed by atoms with Crippen molar-refractivity contribution in [1.82, 2.24) is 0 Å². The molecule has 0 aromatic heterocycles. The van der Waals surface area contributed by atoms with E-state index in [4.69, 9.17) is 10.5 Å². The maximum atomic E-state index is 13.7. The summed E-state index contributed by atoms with van der Waals surface area (Å²) in [5, 5.41) is 0. The van der Waals surface area contributed by atoms with Crippen molar-refractivity contribution in [2.45, 2.75) is 25.9 Å². The highest BCUT2D eigenvalue weighted by atomic mass is 79.9. The predicted octanol–water partition coefficient (Wildman–Crippen LogP) is 3.62. The average Bonchev–Trinajstić information content (AvgIpc) is 2.85. The van der Waals surface area contributed by atoms with Crippen LogP contribution < -0.4 is 5.73 Å². The van der Waals surface area contributed by atoms with Crippen LogP contribution in [-0.2, 0) is 11.3 Å². The van der Waals surface area contributed by atoms with Gasteiger partial charge < -0.3 is 10.5 Å². The summed E-state index contributed by atoms with van der Waals surface area (Å²) in [5.74, 6) is -0.246. The Morgan fingerprint density at radius 1 is 1.26 bits per heavy atom. The molecule has 1 aromatic rings. The van der Waals surface area contributed by atoms with Gasteiger partial charge in [0.25, 0.3) is 0 Å². The van der Waals surface area contributed by atoms with Gasteiger partial charge in [0.2, 0.25) is 0 Å². The molecule has 0 amide bonds. The number of rotatable bonds is 5. The molecule has 2 unspecified atom stereocenters. The van der Waals surface area contributed by atoms with Crippen LogP contribution in [0, 0.1) is 23.5 Å². The standard InChI is InChI=1S/C14H18BrF2NO/c15-12-4-5-13(16)11(14(12)17)8-19-7-10-3-1-2-9(10)6-18/h4-5,9-10H,1-3,6-8,18H2. The van der Waals surface area contributed by atoms with Crippen molar-refractivity contribution in [2.75, 3.05) is 13.2 Å². The fourth-order valence-electron chi connectivity index (χ4n) is 2.66. The lowest BCUT2D eigenvalue weighted by Gasteiger charge is -2.18. The van der Waals surface area contributed by atoms with Gasteiger partial charge in [0.05, 0.1) is 23.2 Å². The SMILES string of the molecule is NCC1CCCC1COCc1c(F)ccc(Br)c1F. The normalized spacial score (nSPS) is 22.9. The molecular formula is C14H18BrF2NO. The monoisotopic (exact) mass is 333 g/mol. The minimum absolute atomic E-state index is 0.0170. The molecule has 0 aliphatic heterocycles. The fraction of sp³-hybridized carbons (Fsp3) is 0.571. The Balaban J connectivity index is 1.91. The summed E-state index contributed by atoms with van der Waals surface area (Å²) in [7, 11) is 0. The van der Waals surface area contributed by atoms with Gasteiger partial charge in [-0.25, -0.2) is 8.78 Å². The summed E-state index contributed by atoms with van der Waals surface area (Å²) < 4.78 is 33.0. The first-order valence-corrected chi connectivity index (χ1v) is 7.33. The third-order valence-electron chi connectivity index (χ3n) is 3.84. The molecule has 2 rings (SSSR count). The van der Waals surface area contributed by atoms with Crippen molar-refractivity contribution in [3.8, 4) is 0 Å². The molecule has 0 spiro atoms. The maximum absolute atomic E-state index is 13.7. The van der Waals surface area contributed by atoms with E-state index in [0.29, 0.717) is 25.0 Å². The molecule has 1 saturated carbocycles. The van der Waals surface area contributed by atoms with Crippen LogP contribution in [0.4, 0.5) is 8.78 Å². The lowest BCUT2D eigenvalue weighted by molar-refractivity contribution is 0.0718. The molecule has 0 bridgehead atoms. The molecule has 2 atom stereocenters. The summed E-state index contributed by atoms with van der Waals surface area (Å²) in [5.41, 5.74) is 5.68. The van der Waals surface area contributed by atoms with E-state index in [0.717, 1.165) is 19.3 Å². The van der Waals surface area contributed by atoms with Gasteiger partial charge in [-0.1, -0.05) is 6.42 Å². The predicted molar refractivity (Wildman–Crippen MR) is 73.6 cm³/mol. The Morgan fingerprint density at radius 3 is 2.74 bits per heavy atom. The van der Waals surface area contributed by atoms with E-state index >= 15 is 0 Å². The largest absolute Gasteiger partial charge is 0.376 e. The molecule has 1 fully saturated rings. The van der Waals surface area contributed by atoms with Gasteiger partial charge in [-0.15, -0.1) is 0 Å². The molecule has 1 aliphatic carbocycles. The third-order valence-corrected chi connectivity index (χ3v) is 4.45. The van der Waals surface area contributed by atoms with E-state index in [1.165, 1.54) is 12.1 Å². The van der Waals surface area contributed by atoms with Gasteiger partial charge in [0.1, 0.15) is 11.6 Å². The highest BCUT2D eigenvalue weighted by molar-refractivity contribution is 9.10. The summed E-state index contributed by atoms with van der Waals surface area (Å²) in [6, 6.07) is 2.60. The van der Waals surface area contributed by atoms with Gasteiger partial charge in [0, 0.05) is 0 Å². The number of ether oxygens (including phenoxy) is 1. The van der Waals surface area contributed by atoms with Gasteiger partial charge in [0.15, 0.2) is 0 Å². The smallest absolute Gasteiger partial charge is 0.145 e. The van der Waals surface area contributed by atoms with Gasteiger partial charge in [-0.05, 0) is 59.3 Å². The van der Waals surface area contributed by atoms with E-state index < -0.39 is 11.6 Å². The number of nitrogens with two attached hydrogens (primary N) is 1. The van der Waals surface area contributed by atoms with Crippen molar-refractivity contribution in [2.24, 2.45) is 17.6 Å². The molecule has 0 saturated heterocycles. The zero-order chi connectivity index (χ0) is 13.8. The van der Waals surface area contributed by atoms with E-state index in [1.54, 1.807) is 0 Å². The molecule has 2 N–H and O–H groups in total. The lowest BCUT2D eigenvalue weighted by atomic mass is 9.97. The van der Waals surface area contributed by atoms with Gasteiger partial charge in [-0.3, -0.25) is 0 Å². The summed E-state index contributed by atoms with van der Waals surface area (Å²) in [6.07, 6.45) is 3.38. The molecule has 106 valence electrons. The van der Waals surface area contributed by atoms with Crippen LogP contribution in [-0.4, -0.2) is 13.2 Å². The average molecular weight is 334 g/mol. The molecule has 5 heteroatoms. The van der Waals surface area contributed by atoms with Crippen LogP contribution in [0.2, 0.25) is 0 Å². The number of halogens is 3. The number of hydrogen-bond donors (Lipinski definition) is 1. The van der Waals surface area contributed by atoms with Gasteiger partial charge in [-0.2, -0.15) is 0 Å². The second kappa shape index (κ2) is 6.77. The van der Waals surface area contributed by atoms with Crippen molar-refractivity contribution < 1.29 is 13.5 Å². The minimum Gasteiger partial charge on any atom is -0.376 e. The third kappa shape index (κ3) is 3.52. The second-order valence-electron chi connectivity index (χ2n) is 5.02. The Kier molecular flexibility index (Phi) is 5.30. The van der Waals surface area contributed by atoms with Crippen LogP contribution in [0.5, 0.6) is 0 Å². The molecular weight excluding hydrogens is 316 g/mol. The van der Waals surface area contributed by atoms with Gasteiger partial charge >= 0.3 is 0 Å². The molecule has 19 heavy (non-hydrogen) atoms. The first-order chi connectivity index (χ1) is 9.13. The number of benzene rings is 1. The molecule has 1 aliphatic rings. The van der Waals surface area contributed by atoms with Crippen LogP contribution in [0.25, 0.3) is 0 Å². The highest BCUT2D eigenvalue weighted by Crippen LogP contribution is 2.31. The van der Waals surface area contributed by atoms with E-state index in [9.17, 15) is 8.78 Å². The quantitative estimate of drug-likeness (QED) is 0.835. The first kappa shape index (κ1) is 14.9. The molecule has 0 heterocycles. The summed E-state index contributed by atoms with van der Waals surface area (Å²) >= 11 is 3.05. The van der Waals surface area contributed by atoms with Crippen LogP contribution in [0.3, 0.4) is 0 Å². The van der Waals surface area contributed by atoms with Crippen molar-refractivity contribution in [1.29, 1.82) is 0 Å². The Morgan fingerprint density at radius 2 is 2.00 bits per heavy atom. The molecule has 1 aromatic carbocycles. The Hall–Kier alpha value is -0.520. The van der Waals surface area contributed by atoms with Crippen molar-refractivity contribution in [3.05, 3.63) is 33.8 Å². The van der Waals surface area contributed by atoms with E-state index in [-0.39, 0.29) is 16.6 Å². The van der Waals surface area contributed by atoms with Crippen LogP contribution >= 0.6 is 15.9 Å². The van der Waals surface area contributed by atoms with E-state index in [1.807, 2.05) is 0 Å². The Bertz CT molecular complexity index is 442. The highest BCUT2D eigenvalue weighted by Gasteiger charge is 2.26. The summed E-state index contributed by atoms with van der Waals surface area (Å²) in [4.78, 5) is 0. The summed E-state index contributed by atoms with van der Waals surface area (Å²) in [6.45, 7) is 1.14. The maximum Gasteiger partial charge on any atom is 0.145 e. The zero-order valence-electron chi connectivity index (χ0n) is 10.7. The van der Waals surface area contributed by atoms with E-state index in [2.05, 4.69) is 15.9 Å². The number of hydrogen-bond acceptors (Lipinski definition) is 2.